The summed E-state index contributed by atoms with van der Waals surface area (Å²) in [5.74, 6) is 0.409. The molecule has 0 aliphatic heterocycles. The van der Waals surface area contributed by atoms with Crippen LogP contribution in [-0.2, 0) is 6.42 Å². The number of carbonyl (C=O) groups is 1. The van der Waals surface area contributed by atoms with Crippen LogP contribution in [0.1, 0.15) is 25.5 Å². The summed E-state index contributed by atoms with van der Waals surface area (Å²) >= 11 is 1.55. The normalized spacial score (nSPS) is 18.1. The topological polar surface area (TPSA) is 74.2 Å². The number of aliphatic hydroxyl groups is 1. The van der Waals surface area contributed by atoms with E-state index < -0.39 is 5.54 Å². The number of aliphatic hydroxyl groups excluding tert-OH is 1. The Labute approximate surface area is 111 Å². The van der Waals surface area contributed by atoms with E-state index in [2.05, 4.69) is 15.6 Å². The highest BCUT2D eigenvalue weighted by atomic mass is 32.1. The molecule has 5 nitrogen and oxygen atoms in total. The molecule has 0 aromatic carbocycles. The van der Waals surface area contributed by atoms with Gasteiger partial charge in [0.05, 0.1) is 23.4 Å². The van der Waals surface area contributed by atoms with E-state index in [0.29, 0.717) is 12.5 Å². The maximum Gasteiger partial charge on any atom is 0.315 e. The van der Waals surface area contributed by atoms with Gasteiger partial charge in [-0.3, -0.25) is 0 Å². The molecular formula is C12H19N3O2S. The molecule has 1 fully saturated rings. The molecule has 1 atom stereocenters. The lowest BCUT2D eigenvalue weighted by Crippen LogP contribution is -2.54. The smallest absolute Gasteiger partial charge is 0.315 e. The first-order valence-electron chi connectivity index (χ1n) is 6.18. The summed E-state index contributed by atoms with van der Waals surface area (Å²) in [4.78, 5) is 15.9. The highest BCUT2D eigenvalue weighted by Gasteiger charge is 2.42. The lowest BCUT2D eigenvalue weighted by atomic mass is 9.97. The summed E-state index contributed by atoms with van der Waals surface area (Å²) in [5.41, 5.74) is 2.29. The fourth-order valence-electron chi connectivity index (χ4n) is 1.96. The molecule has 100 valence electrons. The molecule has 0 bridgehead atoms. The van der Waals surface area contributed by atoms with Gasteiger partial charge in [0.1, 0.15) is 0 Å². The lowest BCUT2D eigenvalue weighted by molar-refractivity contribution is 0.155. The predicted octanol–water partition coefficient (Wildman–Crippen LogP) is 1.15. The highest BCUT2D eigenvalue weighted by Crippen LogP contribution is 2.39. The molecule has 18 heavy (non-hydrogen) atoms. The van der Waals surface area contributed by atoms with Crippen molar-refractivity contribution in [3.05, 3.63) is 16.6 Å². The molecule has 0 saturated heterocycles. The standard InChI is InChI=1S/C12H19N3O2S/c1-12(7-16,9-2-3-9)15-11(17)13-5-4-10-6-18-8-14-10/h6,8-9,16H,2-5,7H2,1H3,(H2,13,15,17). The summed E-state index contributed by atoms with van der Waals surface area (Å²) in [5, 5.41) is 17.0. The second-order valence-corrected chi connectivity index (χ2v) is 5.68. The molecule has 1 aromatic heterocycles. The molecule has 0 spiro atoms. The van der Waals surface area contributed by atoms with Gasteiger partial charge in [-0.2, -0.15) is 0 Å². The minimum atomic E-state index is -0.481. The van der Waals surface area contributed by atoms with Crippen molar-refractivity contribution in [1.29, 1.82) is 0 Å². The van der Waals surface area contributed by atoms with Crippen LogP contribution in [0.2, 0.25) is 0 Å². The van der Waals surface area contributed by atoms with Crippen LogP contribution >= 0.6 is 11.3 Å². The number of nitrogens with zero attached hydrogens (tertiary/aromatic N) is 1. The minimum Gasteiger partial charge on any atom is -0.394 e. The molecule has 1 aliphatic rings. The monoisotopic (exact) mass is 269 g/mol. The van der Waals surface area contributed by atoms with E-state index >= 15 is 0 Å². The van der Waals surface area contributed by atoms with Crippen molar-refractivity contribution in [1.82, 2.24) is 15.6 Å². The van der Waals surface area contributed by atoms with Gasteiger partial charge in [-0.25, -0.2) is 9.78 Å². The van der Waals surface area contributed by atoms with Crippen LogP contribution in [-0.4, -0.2) is 34.8 Å². The molecule has 1 unspecified atom stereocenters. The Hall–Kier alpha value is -1.14. The van der Waals surface area contributed by atoms with Crippen LogP contribution in [0.4, 0.5) is 4.79 Å². The number of hydrogen-bond donors (Lipinski definition) is 3. The van der Waals surface area contributed by atoms with Crippen molar-refractivity contribution in [3.63, 3.8) is 0 Å². The number of carbonyl (C=O) groups excluding carboxylic acids is 1. The molecule has 0 radical (unpaired) electrons. The zero-order chi connectivity index (χ0) is 13.0. The molecule has 1 heterocycles. The first kappa shape index (κ1) is 13.3. The zero-order valence-electron chi connectivity index (χ0n) is 10.5. The van der Waals surface area contributed by atoms with Crippen molar-refractivity contribution in [2.75, 3.05) is 13.2 Å². The maximum atomic E-state index is 11.7. The van der Waals surface area contributed by atoms with E-state index in [1.54, 1.807) is 16.8 Å². The number of urea groups is 1. The van der Waals surface area contributed by atoms with Crippen LogP contribution in [0.25, 0.3) is 0 Å². The first-order chi connectivity index (χ1) is 8.64. The van der Waals surface area contributed by atoms with Gasteiger partial charge in [-0.15, -0.1) is 11.3 Å². The predicted molar refractivity (Wildman–Crippen MR) is 70.6 cm³/mol. The van der Waals surface area contributed by atoms with Gasteiger partial charge in [0.25, 0.3) is 0 Å². The van der Waals surface area contributed by atoms with Crippen LogP contribution in [0, 0.1) is 5.92 Å². The van der Waals surface area contributed by atoms with Gasteiger partial charge < -0.3 is 15.7 Å². The van der Waals surface area contributed by atoms with Crippen LogP contribution in [0.5, 0.6) is 0 Å². The zero-order valence-corrected chi connectivity index (χ0v) is 11.3. The van der Waals surface area contributed by atoms with Gasteiger partial charge in [0.15, 0.2) is 0 Å². The molecule has 6 heteroatoms. The Balaban J connectivity index is 1.71. The van der Waals surface area contributed by atoms with E-state index in [9.17, 15) is 9.90 Å². The quantitative estimate of drug-likeness (QED) is 0.725. The average molecular weight is 269 g/mol. The number of aromatic nitrogens is 1. The van der Waals surface area contributed by atoms with E-state index in [1.807, 2.05) is 12.3 Å². The number of hydrogen-bond acceptors (Lipinski definition) is 4. The number of amides is 2. The van der Waals surface area contributed by atoms with Crippen molar-refractivity contribution >= 4 is 17.4 Å². The lowest BCUT2D eigenvalue weighted by Gasteiger charge is -2.28. The fourth-order valence-corrected chi connectivity index (χ4v) is 2.55. The number of nitrogens with one attached hydrogen (secondary N) is 2. The minimum absolute atomic E-state index is 0.0167. The summed E-state index contributed by atoms with van der Waals surface area (Å²) in [6, 6.07) is -0.214. The molecular weight excluding hydrogens is 250 g/mol. The van der Waals surface area contributed by atoms with Gasteiger partial charge in [-0.1, -0.05) is 0 Å². The van der Waals surface area contributed by atoms with Gasteiger partial charge in [0, 0.05) is 18.3 Å². The highest BCUT2D eigenvalue weighted by molar-refractivity contribution is 7.07. The Kier molecular flexibility index (Phi) is 4.19. The Morgan fingerprint density at radius 2 is 2.44 bits per heavy atom. The average Bonchev–Trinajstić information content (AvgIpc) is 3.09. The first-order valence-corrected chi connectivity index (χ1v) is 7.12. The van der Waals surface area contributed by atoms with Crippen LogP contribution in [0.15, 0.2) is 10.9 Å². The fraction of sp³-hybridized carbons (Fsp3) is 0.667. The third-order valence-electron chi connectivity index (χ3n) is 3.36. The van der Waals surface area contributed by atoms with Crippen LogP contribution in [0.3, 0.4) is 0 Å². The van der Waals surface area contributed by atoms with Gasteiger partial charge >= 0.3 is 6.03 Å². The molecule has 1 aliphatic carbocycles. The summed E-state index contributed by atoms with van der Waals surface area (Å²) < 4.78 is 0. The summed E-state index contributed by atoms with van der Waals surface area (Å²) in [7, 11) is 0. The molecule has 2 amide bonds. The molecule has 3 N–H and O–H groups in total. The third kappa shape index (κ3) is 3.43. The third-order valence-corrected chi connectivity index (χ3v) is 3.99. The molecule has 2 rings (SSSR count). The molecule has 1 saturated carbocycles. The van der Waals surface area contributed by atoms with Crippen molar-refractivity contribution < 1.29 is 9.90 Å². The Bertz CT molecular complexity index is 392. The van der Waals surface area contributed by atoms with Crippen molar-refractivity contribution in [2.24, 2.45) is 5.92 Å². The van der Waals surface area contributed by atoms with E-state index in [1.165, 1.54) is 0 Å². The number of rotatable bonds is 6. The van der Waals surface area contributed by atoms with E-state index in [4.69, 9.17) is 0 Å². The second-order valence-electron chi connectivity index (χ2n) is 4.96. The summed E-state index contributed by atoms with van der Waals surface area (Å²) in [6.07, 6.45) is 2.89. The Morgan fingerprint density at radius 1 is 1.67 bits per heavy atom. The SMILES string of the molecule is CC(CO)(NC(=O)NCCc1cscn1)C1CC1. The van der Waals surface area contributed by atoms with E-state index in [-0.39, 0.29) is 12.6 Å². The van der Waals surface area contributed by atoms with Crippen LogP contribution < -0.4 is 10.6 Å². The van der Waals surface area contributed by atoms with Gasteiger partial charge in [0.2, 0.25) is 0 Å². The molecule has 1 aromatic rings. The Morgan fingerprint density at radius 3 is 3.00 bits per heavy atom. The van der Waals surface area contributed by atoms with Gasteiger partial charge in [-0.05, 0) is 25.7 Å². The second kappa shape index (κ2) is 5.67. The van der Waals surface area contributed by atoms with Crippen molar-refractivity contribution in [2.45, 2.75) is 31.7 Å². The van der Waals surface area contributed by atoms with Crippen molar-refractivity contribution in [3.8, 4) is 0 Å². The maximum absolute atomic E-state index is 11.7. The van der Waals surface area contributed by atoms with E-state index in [0.717, 1.165) is 25.0 Å². The largest absolute Gasteiger partial charge is 0.394 e. The summed E-state index contributed by atoms with van der Waals surface area (Å²) in [6.45, 7) is 2.43. The number of thiazole rings is 1.